The predicted octanol–water partition coefficient (Wildman–Crippen LogP) is 3.69. The third-order valence-electron chi connectivity index (χ3n) is 2.41. The van der Waals surface area contributed by atoms with Gasteiger partial charge < -0.3 is 10.4 Å². The molecular weight excluding hydrogens is 353 g/mol. The number of aromatic nitrogens is 2. The van der Waals surface area contributed by atoms with Crippen LogP contribution in [0.3, 0.4) is 0 Å². The zero-order valence-corrected chi connectivity index (χ0v) is 12.7. The summed E-state index contributed by atoms with van der Waals surface area (Å²) in [6.45, 7) is 0.213. The van der Waals surface area contributed by atoms with Gasteiger partial charge in [-0.2, -0.15) is 0 Å². The standard InChI is InChI=1S/C12H10BrCl2N3O/c13-7-4-16-12(17-5-7)18-6-10(19)11-8(14)2-1-3-9(11)15/h1-5,10,19H,6H2,(H,16,17,18). The van der Waals surface area contributed by atoms with E-state index in [0.29, 0.717) is 21.6 Å². The summed E-state index contributed by atoms with van der Waals surface area (Å²) in [4.78, 5) is 8.09. The smallest absolute Gasteiger partial charge is 0.222 e. The number of nitrogens with one attached hydrogen (secondary N) is 1. The number of rotatable bonds is 4. The second-order valence-electron chi connectivity index (χ2n) is 3.76. The van der Waals surface area contributed by atoms with E-state index in [4.69, 9.17) is 23.2 Å². The molecule has 4 nitrogen and oxygen atoms in total. The van der Waals surface area contributed by atoms with Crippen molar-refractivity contribution in [3.05, 3.63) is 50.7 Å². The van der Waals surface area contributed by atoms with Crippen LogP contribution in [0.25, 0.3) is 0 Å². The molecule has 0 aliphatic rings. The Balaban J connectivity index is 2.05. The fraction of sp³-hybridized carbons (Fsp3) is 0.167. The van der Waals surface area contributed by atoms with Crippen LogP contribution in [-0.4, -0.2) is 21.6 Å². The molecule has 1 aromatic carbocycles. The Morgan fingerprint density at radius 3 is 2.37 bits per heavy atom. The molecule has 7 heteroatoms. The van der Waals surface area contributed by atoms with Gasteiger partial charge in [-0.1, -0.05) is 29.3 Å². The molecule has 19 heavy (non-hydrogen) atoms. The van der Waals surface area contributed by atoms with E-state index < -0.39 is 6.10 Å². The molecule has 1 atom stereocenters. The van der Waals surface area contributed by atoms with Crippen LogP contribution in [0.5, 0.6) is 0 Å². The lowest BCUT2D eigenvalue weighted by Gasteiger charge is -2.15. The Bertz CT molecular complexity index is 545. The van der Waals surface area contributed by atoms with Gasteiger partial charge in [0.15, 0.2) is 0 Å². The summed E-state index contributed by atoms with van der Waals surface area (Å²) < 4.78 is 0.785. The molecule has 1 unspecified atom stereocenters. The van der Waals surface area contributed by atoms with E-state index in [0.717, 1.165) is 4.47 Å². The molecule has 1 aromatic heterocycles. The molecule has 1 heterocycles. The van der Waals surface area contributed by atoms with Crippen molar-refractivity contribution in [1.29, 1.82) is 0 Å². The second-order valence-corrected chi connectivity index (χ2v) is 5.49. The number of hydrogen-bond donors (Lipinski definition) is 2. The monoisotopic (exact) mass is 361 g/mol. The molecule has 0 saturated heterocycles. The van der Waals surface area contributed by atoms with Gasteiger partial charge in [-0.05, 0) is 28.1 Å². The molecule has 0 bridgehead atoms. The Kier molecular flexibility index (Phi) is 4.99. The second kappa shape index (κ2) is 6.52. The first-order valence-corrected chi connectivity index (χ1v) is 6.96. The van der Waals surface area contributed by atoms with Gasteiger partial charge in [0.2, 0.25) is 5.95 Å². The molecule has 0 aliphatic heterocycles. The number of hydrogen-bond acceptors (Lipinski definition) is 4. The van der Waals surface area contributed by atoms with Crippen LogP contribution in [0.1, 0.15) is 11.7 Å². The van der Waals surface area contributed by atoms with Crippen molar-refractivity contribution >= 4 is 45.1 Å². The first-order valence-electron chi connectivity index (χ1n) is 5.41. The molecule has 2 rings (SSSR count). The summed E-state index contributed by atoms with van der Waals surface area (Å²) in [5, 5.41) is 13.9. The molecule has 0 spiro atoms. The fourth-order valence-corrected chi connectivity index (χ4v) is 2.38. The van der Waals surface area contributed by atoms with Gasteiger partial charge in [-0.15, -0.1) is 0 Å². The van der Waals surface area contributed by atoms with E-state index in [9.17, 15) is 5.11 Å². The van der Waals surface area contributed by atoms with Crippen molar-refractivity contribution in [2.24, 2.45) is 0 Å². The van der Waals surface area contributed by atoms with E-state index in [2.05, 4.69) is 31.2 Å². The minimum Gasteiger partial charge on any atom is -0.386 e. The SMILES string of the molecule is OC(CNc1ncc(Br)cn1)c1c(Cl)cccc1Cl. The fourth-order valence-electron chi connectivity index (χ4n) is 1.52. The summed E-state index contributed by atoms with van der Waals surface area (Å²) in [5.41, 5.74) is 0.496. The highest BCUT2D eigenvalue weighted by molar-refractivity contribution is 9.10. The van der Waals surface area contributed by atoms with Gasteiger partial charge in [0, 0.05) is 34.5 Å². The number of anilines is 1. The minimum atomic E-state index is -0.839. The van der Waals surface area contributed by atoms with Crippen LogP contribution in [0.2, 0.25) is 10.0 Å². The number of aliphatic hydroxyl groups excluding tert-OH is 1. The predicted molar refractivity (Wildman–Crippen MR) is 79.6 cm³/mol. The van der Waals surface area contributed by atoms with E-state index in [1.807, 2.05) is 0 Å². The maximum atomic E-state index is 10.1. The maximum Gasteiger partial charge on any atom is 0.222 e. The van der Waals surface area contributed by atoms with Crippen molar-refractivity contribution in [2.75, 3.05) is 11.9 Å². The number of halogens is 3. The van der Waals surface area contributed by atoms with Crippen molar-refractivity contribution in [3.63, 3.8) is 0 Å². The van der Waals surface area contributed by atoms with Crippen LogP contribution < -0.4 is 5.32 Å². The van der Waals surface area contributed by atoms with Crippen molar-refractivity contribution in [2.45, 2.75) is 6.10 Å². The van der Waals surface area contributed by atoms with Crippen LogP contribution in [0.4, 0.5) is 5.95 Å². The molecule has 0 saturated carbocycles. The lowest BCUT2D eigenvalue weighted by atomic mass is 10.1. The molecule has 0 radical (unpaired) electrons. The molecule has 2 aromatic rings. The summed E-state index contributed by atoms with van der Waals surface area (Å²) in [6, 6.07) is 5.09. The first-order chi connectivity index (χ1) is 9.08. The third kappa shape index (κ3) is 3.79. The van der Waals surface area contributed by atoms with Gasteiger partial charge >= 0.3 is 0 Å². The molecule has 0 amide bonds. The lowest BCUT2D eigenvalue weighted by Crippen LogP contribution is -2.14. The first kappa shape index (κ1) is 14.5. The van der Waals surface area contributed by atoms with Gasteiger partial charge in [0.05, 0.1) is 10.6 Å². The third-order valence-corrected chi connectivity index (χ3v) is 3.48. The molecular formula is C12H10BrCl2N3O. The van der Waals surface area contributed by atoms with Crippen LogP contribution in [-0.2, 0) is 0 Å². The normalized spacial score (nSPS) is 12.2. The molecule has 0 aliphatic carbocycles. The molecule has 0 fully saturated rings. The summed E-state index contributed by atoms with van der Waals surface area (Å²) >= 11 is 15.3. The highest BCUT2D eigenvalue weighted by Gasteiger charge is 2.15. The quantitative estimate of drug-likeness (QED) is 0.870. The van der Waals surface area contributed by atoms with Crippen molar-refractivity contribution < 1.29 is 5.11 Å². The Morgan fingerprint density at radius 2 is 1.79 bits per heavy atom. The minimum absolute atomic E-state index is 0.213. The van der Waals surface area contributed by atoms with Gasteiger partial charge in [0.1, 0.15) is 0 Å². The zero-order valence-electron chi connectivity index (χ0n) is 9.65. The van der Waals surface area contributed by atoms with Gasteiger partial charge in [-0.25, -0.2) is 9.97 Å². The van der Waals surface area contributed by atoms with Crippen LogP contribution in [0, 0.1) is 0 Å². The Hall–Kier alpha value is -0.880. The number of aliphatic hydroxyl groups is 1. The van der Waals surface area contributed by atoms with Gasteiger partial charge in [-0.3, -0.25) is 0 Å². The zero-order chi connectivity index (χ0) is 13.8. The highest BCUT2D eigenvalue weighted by Crippen LogP contribution is 2.30. The van der Waals surface area contributed by atoms with Crippen molar-refractivity contribution in [1.82, 2.24) is 9.97 Å². The lowest BCUT2D eigenvalue weighted by molar-refractivity contribution is 0.191. The van der Waals surface area contributed by atoms with E-state index >= 15 is 0 Å². The Morgan fingerprint density at radius 1 is 1.21 bits per heavy atom. The van der Waals surface area contributed by atoms with Crippen molar-refractivity contribution in [3.8, 4) is 0 Å². The highest BCUT2D eigenvalue weighted by atomic mass is 79.9. The number of benzene rings is 1. The topological polar surface area (TPSA) is 58.0 Å². The van der Waals surface area contributed by atoms with E-state index in [1.54, 1.807) is 30.6 Å². The average Bonchev–Trinajstić information content (AvgIpc) is 2.38. The summed E-state index contributed by atoms with van der Waals surface area (Å²) in [6.07, 6.45) is 2.39. The maximum absolute atomic E-state index is 10.1. The van der Waals surface area contributed by atoms with Crippen LogP contribution >= 0.6 is 39.1 Å². The number of nitrogens with zero attached hydrogens (tertiary/aromatic N) is 2. The summed E-state index contributed by atoms with van der Waals surface area (Å²) in [7, 11) is 0. The van der Waals surface area contributed by atoms with Crippen LogP contribution in [0.15, 0.2) is 35.1 Å². The largest absolute Gasteiger partial charge is 0.386 e. The summed E-state index contributed by atoms with van der Waals surface area (Å²) in [5.74, 6) is 0.422. The van der Waals surface area contributed by atoms with E-state index in [-0.39, 0.29) is 6.54 Å². The molecule has 2 N–H and O–H groups in total. The Labute approximate surface area is 128 Å². The van der Waals surface area contributed by atoms with Gasteiger partial charge in [0.25, 0.3) is 0 Å². The average molecular weight is 363 g/mol. The molecule has 100 valence electrons. The van der Waals surface area contributed by atoms with E-state index in [1.165, 1.54) is 0 Å².